The van der Waals surface area contributed by atoms with Crippen molar-refractivity contribution in [2.24, 2.45) is 0 Å². The zero-order valence-electron chi connectivity index (χ0n) is 16.9. The molecule has 148 valence electrons. The molecule has 0 unspecified atom stereocenters. The number of imidazole rings is 1. The molecule has 2 heterocycles. The lowest BCUT2D eigenvalue weighted by Gasteiger charge is -2.31. The lowest BCUT2D eigenvalue weighted by atomic mass is 9.94. The average molecular weight is 373 g/mol. The van der Waals surface area contributed by atoms with Crippen LogP contribution >= 0.6 is 0 Å². The molecule has 27 heavy (non-hydrogen) atoms. The van der Waals surface area contributed by atoms with E-state index in [2.05, 4.69) is 16.5 Å². The first-order valence-corrected chi connectivity index (χ1v) is 10.2. The number of carbonyl (C=O) groups is 1. The SMILES string of the molecule is COC[C@@H](C)n1c(CCCC(=O)N(C)C2CCCCC2)nc2cccnc21. The van der Waals surface area contributed by atoms with Gasteiger partial charge in [-0.15, -0.1) is 0 Å². The van der Waals surface area contributed by atoms with E-state index in [0.717, 1.165) is 42.7 Å². The van der Waals surface area contributed by atoms with E-state index in [1.165, 1.54) is 19.3 Å². The second-order valence-electron chi connectivity index (χ2n) is 7.70. The standard InChI is InChI=1S/C21H32N4O2/c1-16(15-27-3)25-19(23-18-11-8-14-22-21(18)25)12-7-13-20(26)24(2)17-9-5-4-6-10-17/h8,11,14,16-17H,4-7,9-10,12-13,15H2,1-3H3/t16-/m1/s1. The maximum absolute atomic E-state index is 12.6. The van der Waals surface area contributed by atoms with Gasteiger partial charge in [0, 0.05) is 39.2 Å². The first-order chi connectivity index (χ1) is 13.1. The van der Waals surface area contributed by atoms with E-state index >= 15 is 0 Å². The second-order valence-corrected chi connectivity index (χ2v) is 7.70. The van der Waals surface area contributed by atoms with Crippen molar-refractivity contribution in [1.82, 2.24) is 19.4 Å². The zero-order chi connectivity index (χ0) is 19.2. The monoisotopic (exact) mass is 372 g/mol. The number of fused-ring (bicyclic) bond motifs is 1. The molecule has 0 bridgehead atoms. The second kappa shape index (κ2) is 9.31. The van der Waals surface area contributed by atoms with Crippen LogP contribution in [0.2, 0.25) is 0 Å². The quantitative estimate of drug-likeness (QED) is 0.708. The Morgan fingerprint density at radius 3 is 2.89 bits per heavy atom. The number of methoxy groups -OCH3 is 1. The maximum Gasteiger partial charge on any atom is 0.222 e. The molecular weight excluding hydrogens is 340 g/mol. The molecule has 0 saturated heterocycles. The number of rotatable bonds is 8. The molecule has 0 spiro atoms. The highest BCUT2D eigenvalue weighted by Gasteiger charge is 2.22. The van der Waals surface area contributed by atoms with Crippen LogP contribution in [0.5, 0.6) is 0 Å². The third-order valence-corrected chi connectivity index (χ3v) is 5.68. The van der Waals surface area contributed by atoms with Crippen LogP contribution in [-0.4, -0.2) is 52.1 Å². The number of hydrogen-bond acceptors (Lipinski definition) is 4. The summed E-state index contributed by atoms with van der Waals surface area (Å²) in [6, 6.07) is 4.49. The molecule has 6 heteroatoms. The topological polar surface area (TPSA) is 60.2 Å². The van der Waals surface area contributed by atoms with Crippen molar-refractivity contribution in [1.29, 1.82) is 0 Å². The molecule has 1 aliphatic rings. The summed E-state index contributed by atoms with van der Waals surface area (Å²) < 4.78 is 7.50. The summed E-state index contributed by atoms with van der Waals surface area (Å²) >= 11 is 0. The van der Waals surface area contributed by atoms with E-state index in [-0.39, 0.29) is 11.9 Å². The molecular formula is C21H32N4O2. The molecule has 2 aromatic rings. The van der Waals surface area contributed by atoms with Crippen LogP contribution < -0.4 is 0 Å². The van der Waals surface area contributed by atoms with Gasteiger partial charge in [-0.25, -0.2) is 9.97 Å². The summed E-state index contributed by atoms with van der Waals surface area (Å²) in [6.07, 6.45) is 10.1. The molecule has 6 nitrogen and oxygen atoms in total. The van der Waals surface area contributed by atoms with Crippen LogP contribution in [0.4, 0.5) is 0 Å². The summed E-state index contributed by atoms with van der Waals surface area (Å²) in [5, 5.41) is 0. The number of ether oxygens (including phenoxy) is 1. The molecule has 1 saturated carbocycles. The molecule has 0 aromatic carbocycles. The van der Waals surface area contributed by atoms with Gasteiger partial charge in [0.25, 0.3) is 0 Å². The molecule has 2 aromatic heterocycles. The van der Waals surface area contributed by atoms with E-state index in [1.807, 2.05) is 24.1 Å². The Balaban J connectivity index is 1.64. The van der Waals surface area contributed by atoms with E-state index in [1.54, 1.807) is 13.3 Å². The molecule has 3 rings (SSSR count). The molecule has 0 N–H and O–H groups in total. The lowest BCUT2D eigenvalue weighted by molar-refractivity contribution is -0.132. The Bertz CT molecular complexity index is 752. The summed E-state index contributed by atoms with van der Waals surface area (Å²) in [4.78, 5) is 23.9. The smallest absolute Gasteiger partial charge is 0.222 e. The van der Waals surface area contributed by atoms with Gasteiger partial charge in [-0.1, -0.05) is 19.3 Å². The zero-order valence-corrected chi connectivity index (χ0v) is 16.9. The van der Waals surface area contributed by atoms with Gasteiger partial charge in [0.2, 0.25) is 5.91 Å². The summed E-state index contributed by atoms with van der Waals surface area (Å²) in [7, 11) is 3.68. The third kappa shape index (κ3) is 4.67. The number of pyridine rings is 1. The van der Waals surface area contributed by atoms with Gasteiger partial charge in [0.1, 0.15) is 11.3 Å². The van der Waals surface area contributed by atoms with Gasteiger partial charge in [0.05, 0.1) is 12.6 Å². The van der Waals surface area contributed by atoms with Crippen LogP contribution in [0.1, 0.15) is 63.7 Å². The molecule has 1 aliphatic carbocycles. The Labute approximate surface area is 161 Å². The maximum atomic E-state index is 12.6. The predicted octanol–water partition coefficient (Wildman–Crippen LogP) is 3.75. The van der Waals surface area contributed by atoms with Crippen LogP contribution in [0, 0.1) is 0 Å². The van der Waals surface area contributed by atoms with Gasteiger partial charge in [-0.3, -0.25) is 4.79 Å². The minimum atomic E-state index is 0.158. The Morgan fingerprint density at radius 1 is 1.37 bits per heavy atom. The highest BCUT2D eigenvalue weighted by Crippen LogP contribution is 2.23. The van der Waals surface area contributed by atoms with Gasteiger partial charge in [0.15, 0.2) is 5.65 Å². The van der Waals surface area contributed by atoms with Crippen molar-refractivity contribution in [3.63, 3.8) is 0 Å². The fourth-order valence-corrected chi connectivity index (χ4v) is 4.18. The summed E-state index contributed by atoms with van der Waals surface area (Å²) in [6.45, 7) is 2.73. The number of hydrogen-bond donors (Lipinski definition) is 0. The van der Waals surface area contributed by atoms with E-state index in [9.17, 15) is 4.79 Å². The fraction of sp³-hybridized carbons (Fsp3) is 0.667. The van der Waals surface area contributed by atoms with Gasteiger partial charge in [-0.2, -0.15) is 0 Å². The molecule has 0 radical (unpaired) electrons. The Morgan fingerprint density at radius 2 is 2.15 bits per heavy atom. The minimum Gasteiger partial charge on any atom is -0.383 e. The predicted molar refractivity (Wildman–Crippen MR) is 107 cm³/mol. The first kappa shape index (κ1) is 19.8. The van der Waals surface area contributed by atoms with Crippen molar-refractivity contribution in [2.45, 2.75) is 70.4 Å². The average Bonchev–Trinajstić information content (AvgIpc) is 3.06. The summed E-state index contributed by atoms with van der Waals surface area (Å²) in [5.41, 5.74) is 1.80. The largest absolute Gasteiger partial charge is 0.383 e. The minimum absolute atomic E-state index is 0.158. The van der Waals surface area contributed by atoms with Crippen molar-refractivity contribution in [3.8, 4) is 0 Å². The number of nitrogens with zero attached hydrogens (tertiary/aromatic N) is 4. The van der Waals surface area contributed by atoms with Crippen LogP contribution in [0.3, 0.4) is 0 Å². The van der Waals surface area contributed by atoms with Gasteiger partial charge >= 0.3 is 0 Å². The Kier molecular flexibility index (Phi) is 6.83. The lowest BCUT2D eigenvalue weighted by Crippen LogP contribution is -2.38. The Hall–Kier alpha value is -1.95. The van der Waals surface area contributed by atoms with E-state index in [0.29, 0.717) is 19.1 Å². The highest BCUT2D eigenvalue weighted by atomic mass is 16.5. The van der Waals surface area contributed by atoms with Gasteiger partial charge in [-0.05, 0) is 38.3 Å². The molecule has 1 atom stereocenters. The molecule has 1 amide bonds. The van der Waals surface area contributed by atoms with Crippen LogP contribution in [0.25, 0.3) is 11.2 Å². The van der Waals surface area contributed by atoms with Crippen molar-refractivity contribution in [2.75, 3.05) is 20.8 Å². The number of aromatic nitrogens is 3. The fourth-order valence-electron chi connectivity index (χ4n) is 4.18. The summed E-state index contributed by atoms with van der Waals surface area (Å²) in [5.74, 6) is 1.24. The highest BCUT2D eigenvalue weighted by molar-refractivity contribution is 5.76. The number of aryl methyl sites for hydroxylation is 1. The number of carbonyl (C=O) groups excluding carboxylic acids is 1. The normalized spacial score (nSPS) is 16.6. The van der Waals surface area contributed by atoms with Crippen LogP contribution in [-0.2, 0) is 16.0 Å². The third-order valence-electron chi connectivity index (χ3n) is 5.68. The molecule has 0 aliphatic heterocycles. The van der Waals surface area contributed by atoms with Crippen molar-refractivity contribution >= 4 is 17.1 Å². The van der Waals surface area contributed by atoms with E-state index in [4.69, 9.17) is 9.72 Å². The van der Waals surface area contributed by atoms with Crippen LogP contribution in [0.15, 0.2) is 18.3 Å². The van der Waals surface area contributed by atoms with Gasteiger partial charge < -0.3 is 14.2 Å². The molecule has 1 fully saturated rings. The van der Waals surface area contributed by atoms with Crippen molar-refractivity contribution in [3.05, 3.63) is 24.2 Å². The first-order valence-electron chi connectivity index (χ1n) is 10.2. The van der Waals surface area contributed by atoms with Crippen molar-refractivity contribution < 1.29 is 9.53 Å². The number of amides is 1. The van der Waals surface area contributed by atoms with E-state index < -0.39 is 0 Å².